The third kappa shape index (κ3) is 4.40. The fourth-order valence-corrected chi connectivity index (χ4v) is 1.82. The summed E-state index contributed by atoms with van der Waals surface area (Å²) in [5, 5.41) is 3.59. The molecule has 1 aliphatic heterocycles. The van der Waals surface area contributed by atoms with Crippen molar-refractivity contribution in [3.63, 3.8) is 0 Å². The summed E-state index contributed by atoms with van der Waals surface area (Å²) in [6.07, 6.45) is 3.44. The fourth-order valence-electron chi connectivity index (χ4n) is 1.82. The summed E-state index contributed by atoms with van der Waals surface area (Å²) in [6, 6.07) is 0. The van der Waals surface area contributed by atoms with Crippen LogP contribution in [0.1, 0.15) is 33.1 Å². The topological polar surface area (TPSA) is 47.3 Å². The highest BCUT2D eigenvalue weighted by Crippen LogP contribution is 2.15. The average Bonchev–Trinajstić information content (AvgIpc) is 2.17. The third-order valence-corrected chi connectivity index (χ3v) is 2.98. The van der Waals surface area contributed by atoms with Crippen LogP contribution in [0.5, 0.6) is 0 Å². The first-order valence-electron chi connectivity index (χ1n) is 5.67. The second-order valence-corrected chi connectivity index (χ2v) is 4.86. The van der Waals surface area contributed by atoms with Crippen molar-refractivity contribution in [3.8, 4) is 0 Å². The van der Waals surface area contributed by atoms with Gasteiger partial charge in [-0.2, -0.15) is 0 Å². The van der Waals surface area contributed by atoms with Gasteiger partial charge in [0, 0.05) is 18.8 Å². The first-order valence-corrected chi connectivity index (χ1v) is 5.67. The zero-order valence-corrected chi connectivity index (χ0v) is 9.51. The molecule has 3 nitrogen and oxygen atoms in total. The van der Waals surface area contributed by atoms with Crippen LogP contribution in [-0.4, -0.2) is 31.8 Å². The Hall–Kier alpha value is -0.120. The molecular weight excluding hydrogens is 176 g/mol. The molecule has 0 aromatic rings. The molecule has 3 heteroatoms. The molecule has 1 fully saturated rings. The molecular formula is C11H24N2O. The zero-order chi connectivity index (χ0) is 10.4. The standard InChI is InChI=1S/C11H24N2O/c1-11(2,5-6-12)13-9-10-3-7-14-8-4-10/h10,13H,3-9,12H2,1-2H3. The van der Waals surface area contributed by atoms with E-state index in [1.807, 2.05) is 0 Å². The van der Waals surface area contributed by atoms with E-state index < -0.39 is 0 Å². The molecule has 0 radical (unpaired) electrons. The van der Waals surface area contributed by atoms with Crippen LogP contribution in [0.25, 0.3) is 0 Å². The molecule has 14 heavy (non-hydrogen) atoms. The Balaban J connectivity index is 2.17. The average molecular weight is 200 g/mol. The lowest BCUT2D eigenvalue weighted by Gasteiger charge is -2.30. The summed E-state index contributed by atoms with van der Waals surface area (Å²) in [7, 11) is 0. The highest BCUT2D eigenvalue weighted by Gasteiger charge is 2.19. The summed E-state index contributed by atoms with van der Waals surface area (Å²) in [4.78, 5) is 0. The molecule has 0 aromatic carbocycles. The minimum absolute atomic E-state index is 0.188. The smallest absolute Gasteiger partial charge is 0.0469 e. The summed E-state index contributed by atoms with van der Waals surface area (Å²) < 4.78 is 5.33. The van der Waals surface area contributed by atoms with E-state index in [2.05, 4.69) is 19.2 Å². The number of nitrogens with one attached hydrogen (secondary N) is 1. The van der Waals surface area contributed by atoms with Gasteiger partial charge in [-0.05, 0) is 52.1 Å². The maximum absolute atomic E-state index is 5.56. The zero-order valence-electron chi connectivity index (χ0n) is 9.51. The van der Waals surface area contributed by atoms with Gasteiger partial charge in [0.1, 0.15) is 0 Å². The largest absolute Gasteiger partial charge is 0.381 e. The first-order chi connectivity index (χ1) is 6.64. The molecule has 0 unspecified atom stereocenters. The number of rotatable bonds is 5. The highest BCUT2D eigenvalue weighted by molar-refractivity contribution is 4.79. The van der Waals surface area contributed by atoms with Gasteiger partial charge in [0.15, 0.2) is 0 Å². The molecule has 0 bridgehead atoms. The first kappa shape index (κ1) is 12.0. The Morgan fingerprint density at radius 2 is 2.00 bits per heavy atom. The van der Waals surface area contributed by atoms with Gasteiger partial charge in [-0.15, -0.1) is 0 Å². The Labute approximate surface area is 87.4 Å². The van der Waals surface area contributed by atoms with E-state index in [1.54, 1.807) is 0 Å². The molecule has 0 saturated carbocycles. The maximum Gasteiger partial charge on any atom is 0.0469 e. The van der Waals surface area contributed by atoms with Gasteiger partial charge in [-0.3, -0.25) is 0 Å². The van der Waals surface area contributed by atoms with E-state index >= 15 is 0 Å². The summed E-state index contributed by atoms with van der Waals surface area (Å²) >= 11 is 0. The van der Waals surface area contributed by atoms with E-state index in [9.17, 15) is 0 Å². The predicted octanol–water partition coefficient (Wildman–Crippen LogP) is 1.13. The van der Waals surface area contributed by atoms with Crippen LogP contribution in [0, 0.1) is 5.92 Å². The van der Waals surface area contributed by atoms with Crippen molar-refractivity contribution >= 4 is 0 Å². The van der Waals surface area contributed by atoms with Crippen molar-refractivity contribution in [1.82, 2.24) is 5.32 Å². The van der Waals surface area contributed by atoms with Gasteiger partial charge < -0.3 is 15.8 Å². The number of nitrogens with two attached hydrogens (primary N) is 1. The lowest BCUT2D eigenvalue weighted by molar-refractivity contribution is 0.0639. The van der Waals surface area contributed by atoms with Crippen LogP contribution < -0.4 is 11.1 Å². The van der Waals surface area contributed by atoms with E-state index in [0.29, 0.717) is 0 Å². The summed E-state index contributed by atoms with van der Waals surface area (Å²) in [6.45, 7) is 8.18. The van der Waals surface area contributed by atoms with Gasteiger partial charge in [-0.25, -0.2) is 0 Å². The summed E-state index contributed by atoms with van der Waals surface area (Å²) in [5.41, 5.74) is 5.75. The molecule has 3 N–H and O–H groups in total. The Morgan fingerprint density at radius 1 is 1.36 bits per heavy atom. The van der Waals surface area contributed by atoms with Crippen molar-refractivity contribution in [1.29, 1.82) is 0 Å². The van der Waals surface area contributed by atoms with E-state index in [0.717, 1.165) is 38.6 Å². The minimum atomic E-state index is 0.188. The van der Waals surface area contributed by atoms with Crippen LogP contribution in [0.2, 0.25) is 0 Å². The van der Waals surface area contributed by atoms with Gasteiger partial charge in [0.2, 0.25) is 0 Å². The van der Waals surface area contributed by atoms with Crippen LogP contribution in [0.4, 0.5) is 0 Å². The van der Waals surface area contributed by atoms with E-state index in [4.69, 9.17) is 10.5 Å². The molecule has 1 saturated heterocycles. The molecule has 0 aliphatic carbocycles. The SMILES string of the molecule is CC(C)(CCN)NCC1CCOCC1. The third-order valence-electron chi connectivity index (χ3n) is 2.98. The summed E-state index contributed by atoms with van der Waals surface area (Å²) in [5.74, 6) is 0.792. The van der Waals surface area contributed by atoms with E-state index in [1.165, 1.54) is 12.8 Å². The second-order valence-electron chi connectivity index (χ2n) is 4.86. The number of hydrogen-bond acceptors (Lipinski definition) is 3. The molecule has 84 valence electrons. The van der Waals surface area contributed by atoms with Crippen LogP contribution in [0.3, 0.4) is 0 Å². The van der Waals surface area contributed by atoms with Gasteiger partial charge >= 0.3 is 0 Å². The van der Waals surface area contributed by atoms with Crippen LogP contribution >= 0.6 is 0 Å². The number of ether oxygens (including phenoxy) is 1. The van der Waals surface area contributed by atoms with Gasteiger partial charge in [-0.1, -0.05) is 0 Å². The van der Waals surface area contributed by atoms with Crippen molar-refractivity contribution < 1.29 is 4.74 Å². The minimum Gasteiger partial charge on any atom is -0.381 e. The Bertz CT molecular complexity index is 153. The quantitative estimate of drug-likeness (QED) is 0.699. The maximum atomic E-state index is 5.56. The van der Waals surface area contributed by atoms with Gasteiger partial charge in [0.05, 0.1) is 0 Å². The van der Waals surface area contributed by atoms with E-state index in [-0.39, 0.29) is 5.54 Å². The molecule has 0 aromatic heterocycles. The normalized spacial score (nSPS) is 19.9. The highest BCUT2D eigenvalue weighted by atomic mass is 16.5. The predicted molar refractivity (Wildman–Crippen MR) is 59.3 cm³/mol. The molecule has 0 spiro atoms. The van der Waals surface area contributed by atoms with Crippen molar-refractivity contribution in [2.45, 2.75) is 38.6 Å². The number of hydrogen-bond donors (Lipinski definition) is 2. The second kappa shape index (κ2) is 5.69. The van der Waals surface area contributed by atoms with Crippen molar-refractivity contribution in [2.75, 3.05) is 26.3 Å². The fraction of sp³-hybridized carbons (Fsp3) is 1.00. The van der Waals surface area contributed by atoms with Gasteiger partial charge in [0.25, 0.3) is 0 Å². The van der Waals surface area contributed by atoms with Crippen molar-refractivity contribution in [3.05, 3.63) is 0 Å². The monoisotopic (exact) mass is 200 g/mol. The molecule has 0 atom stereocenters. The molecule has 1 rings (SSSR count). The Kier molecular flexibility index (Phi) is 4.85. The Morgan fingerprint density at radius 3 is 2.57 bits per heavy atom. The molecule has 1 aliphatic rings. The van der Waals surface area contributed by atoms with Crippen LogP contribution in [0.15, 0.2) is 0 Å². The lowest BCUT2D eigenvalue weighted by atomic mass is 9.96. The van der Waals surface area contributed by atoms with Crippen LogP contribution in [-0.2, 0) is 4.74 Å². The molecule has 1 heterocycles. The lowest BCUT2D eigenvalue weighted by Crippen LogP contribution is -2.44. The molecule has 0 amide bonds. The van der Waals surface area contributed by atoms with Crippen molar-refractivity contribution in [2.24, 2.45) is 11.7 Å².